The smallest absolute Gasteiger partial charge is 0.275 e. The van der Waals surface area contributed by atoms with E-state index in [1.54, 1.807) is 27.7 Å². The van der Waals surface area contributed by atoms with Crippen LogP contribution in [0.3, 0.4) is 0 Å². The molecular formula is C24H21ClN6O3. The molecule has 1 atom stereocenters. The summed E-state index contributed by atoms with van der Waals surface area (Å²) in [4.78, 5) is 30.0. The molecule has 2 aromatic heterocycles. The molecule has 0 unspecified atom stereocenters. The summed E-state index contributed by atoms with van der Waals surface area (Å²) in [5.74, 6) is 0.0382. The number of hydrogen-bond acceptors (Lipinski definition) is 5. The van der Waals surface area contributed by atoms with Crippen LogP contribution in [-0.4, -0.2) is 62.9 Å². The van der Waals surface area contributed by atoms with Crippen molar-refractivity contribution in [3.63, 3.8) is 0 Å². The van der Waals surface area contributed by atoms with E-state index in [1.165, 1.54) is 0 Å². The first-order valence-electron chi connectivity index (χ1n) is 11.0. The Morgan fingerprint density at radius 1 is 1.21 bits per heavy atom. The van der Waals surface area contributed by atoms with Crippen LogP contribution in [0.1, 0.15) is 21.6 Å². The number of likely N-dealkylation sites (N-methyl/N-ethyl adjacent to an activating group) is 1. The Kier molecular flexibility index (Phi) is 4.80. The van der Waals surface area contributed by atoms with E-state index in [2.05, 4.69) is 15.3 Å². The van der Waals surface area contributed by atoms with E-state index in [9.17, 15) is 9.59 Å². The molecule has 0 radical (unpaired) electrons. The number of benzene rings is 2. The third-order valence-corrected chi connectivity index (χ3v) is 6.92. The van der Waals surface area contributed by atoms with Crippen molar-refractivity contribution in [2.24, 2.45) is 0 Å². The van der Waals surface area contributed by atoms with Gasteiger partial charge < -0.3 is 14.5 Å². The maximum Gasteiger partial charge on any atom is 0.275 e. The van der Waals surface area contributed by atoms with Crippen LogP contribution in [0.5, 0.6) is 5.75 Å². The highest BCUT2D eigenvalue weighted by Crippen LogP contribution is 2.36. The number of carbonyl (C=O) groups is 2. The summed E-state index contributed by atoms with van der Waals surface area (Å²) >= 11 is 6.59. The molecule has 0 fully saturated rings. The highest BCUT2D eigenvalue weighted by Gasteiger charge is 2.41. The van der Waals surface area contributed by atoms with Gasteiger partial charge in [0.2, 0.25) is 0 Å². The number of hydrogen-bond donors (Lipinski definition) is 1. The number of anilines is 1. The molecule has 1 N–H and O–H groups in total. The number of rotatable bonds is 3. The quantitative estimate of drug-likeness (QED) is 0.490. The molecule has 9 nitrogen and oxygen atoms in total. The van der Waals surface area contributed by atoms with Crippen LogP contribution in [0.25, 0.3) is 10.9 Å². The minimum Gasteiger partial charge on any atom is -0.489 e. The number of amides is 2. The highest BCUT2D eigenvalue weighted by molar-refractivity contribution is 6.31. The summed E-state index contributed by atoms with van der Waals surface area (Å²) < 4.78 is 7.67. The number of aromatic nitrogens is 4. The SMILES string of the molecule is CN1C(=O)[C@@H](N2CCc3c(nn(Cc4ccccc4)c3Cl)C2=O)COc2cc3[nH]ncc3cc21. The predicted octanol–water partition coefficient (Wildman–Crippen LogP) is 2.88. The molecular weight excluding hydrogens is 456 g/mol. The average Bonchev–Trinajstić information content (AvgIpc) is 3.41. The molecule has 0 saturated carbocycles. The summed E-state index contributed by atoms with van der Waals surface area (Å²) in [6.45, 7) is 0.873. The minimum absolute atomic E-state index is 0.0509. The first kappa shape index (κ1) is 20.7. The van der Waals surface area contributed by atoms with E-state index in [0.717, 1.165) is 22.0 Å². The van der Waals surface area contributed by atoms with Gasteiger partial charge in [0.05, 0.1) is 23.9 Å². The molecule has 34 heavy (non-hydrogen) atoms. The lowest BCUT2D eigenvalue weighted by Crippen LogP contribution is -2.54. The lowest BCUT2D eigenvalue weighted by atomic mass is 10.0. The van der Waals surface area contributed by atoms with Gasteiger partial charge in [-0.05, 0) is 18.1 Å². The Bertz CT molecular complexity index is 1430. The molecule has 0 saturated heterocycles. The Labute approximate surface area is 199 Å². The van der Waals surface area contributed by atoms with Gasteiger partial charge in [-0.25, -0.2) is 4.68 Å². The van der Waals surface area contributed by atoms with Crippen molar-refractivity contribution < 1.29 is 14.3 Å². The van der Waals surface area contributed by atoms with Gasteiger partial charge in [0, 0.05) is 30.6 Å². The number of aromatic amines is 1. The standard InChI is InChI=1S/C24H21ClN6O3/c1-29-18-9-15-11-26-27-17(15)10-20(18)34-13-19(23(29)32)30-8-7-16-21(24(30)33)28-31(22(16)25)12-14-5-3-2-4-6-14/h2-6,9-11,19H,7-8,12-13H2,1H3,(H,26,27)/t19-/m0/s1. The van der Waals surface area contributed by atoms with Gasteiger partial charge in [-0.15, -0.1) is 0 Å². The number of carbonyl (C=O) groups excluding carboxylic acids is 2. The van der Waals surface area contributed by atoms with Crippen LogP contribution < -0.4 is 9.64 Å². The minimum atomic E-state index is -0.771. The Morgan fingerprint density at radius 2 is 2.03 bits per heavy atom. The second kappa shape index (κ2) is 7.88. The Hall–Kier alpha value is -3.85. The third-order valence-electron chi connectivity index (χ3n) is 6.49. The van der Waals surface area contributed by atoms with Crippen molar-refractivity contribution >= 4 is 40.0 Å². The van der Waals surface area contributed by atoms with Gasteiger partial charge in [-0.2, -0.15) is 10.2 Å². The first-order chi connectivity index (χ1) is 16.5. The van der Waals surface area contributed by atoms with E-state index >= 15 is 0 Å². The summed E-state index contributed by atoms with van der Waals surface area (Å²) in [6, 6.07) is 12.7. The highest BCUT2D eigenvalue weighted by atomic mass is 35.5. The number of ether oxygens (including phenoxy) is 1. The monoisotopic (exact) mass is 476 g/mol. The van der Waals surface area contributed by atoms with Crippen LogP contribution in [0, 0.1) is 0 Å². The molecule has 0 spiro atoms. The van der Waals surface area contributed by atoms with Gasteiger partial charge in [0.1, 0.15) is 23.6 Å². The zero-order valence-corrected chi connectivity index (χ0v) is 19.1. The van der Waals surface area contributed by atoms with Crippen LogP contribution in [0.15, 0.2) is 48.7 Å². The largest absolute Gasteiger partial charge is 0.489 e. The second-order valence-electron chi connectivity index (χ2n) is 8.51. The van der Waals surface area contributed by atoms with Gasteiger partial charge in [0.25, 0.3) is 11.8 Å². The molecule has 4 heterocycles. The number of fused-ring (bicyclic) bond motifs is 3. The fraction of sp³-hybridized carbons (Fsp3) is 0.250. The number of halogens is 1. The zero-order valence-electron chi connectivity index (χ0n) is 18.4. The van der Waals surface area contributed by atoms with Gasteiger partial charge >= 0.3 is 0 Å². The first-order valence-corrected chi connectivity index (χ1v) is 11.4. The van der Waals surface area contributed by atoms with Gasteiger partial charge in [-0.1, -0.05) is 41.9 Å². The van der Waals surface area contributed by atoms with Crippen molar-refractivity contribution in [2.45, 2.75) is 19.0 Å². The number of nitrogens with zero attached hydrogens (tertiary/aromatic N) is 5. The van der Waals surface area contributed by atoms with Crippen LogP contribution >= 0.6 is 11.6 Å². The Balaban J connectivity index is 1.29. The topological polar surface area (TPSA) is 96.4 Å². The van der Waals surface area contributed by atoms with Crippen molar-refractivity contribution in [3.8, 4) is 5.75 Å². The fourth-order valence-corrected chi connectivity index (χ4v) is 4.92. The van der Waals surface area contributed by atoms with Crippen LogP contribution in [-0.2, 0) is 17.8 Å². The van der Waals surface area contributed by atoms with E-state index in [4.69, 9.17) is 16.3 Å². The number of nitrogens with one attached hydrogen (secondary N) is 1. The summed E-state index contributed by atoms with van der Waals surface area (Å²) in [5.41, 5.74) is 3.51. The van der Waals surface area contributed by atoms with Crippen molar-refractivity contribution in [1.29, 1.82) is 0 Å². The molecule has 0 aliphatic carbocycles. The molecule has 2 amide bonds. The second-order valence-corrected chi connectivity index (χ2v) is 8.87. The summed E-state index contributed by atoms with van der Waals surface area (Å²) in [7, 11) is 1.69. The lowest BCUT2D eigenvalue weighted by Gasteiger charge is -2.33. The maximum atomic E-state index is 13.5. The predicted molar refractivity (Wildman–Crippen MR) is 126 cm³/mol. The van der Waals surface area contributed by atoms with Crippen LogP contribution in [0.4, 0.5) is 5.69 Å². The van der Waals surface area contributed by atoms with Gasteiger partial charge in [-0.3, -0.25) is 14.7 Å². The van der Waals surface area contributed by atoms with E-state index in [1.807, 2.05) is 42.5 Å². The lowest BCUT2D eigenvalue weighted by molar-refractivity contribution is -0.123. The van der Waals surface area contributed by atoms with Gasteiger partial charge in [0.15, 0.2) is 5.69 Å². The molecule has 2 aliphatic heterocycles. The number of H-pyrrole nitrogens is 1. The molecule has 2 aromatic carbocycles. The molecule has 172 valence electrons. The molecule has 10 heteroatoms. The third kappa shape index (κ3) is 3.23. The molecule has 4 aromatic rings. The van der Waals surface area contributed by atoms with E-state index in [0.29, 0.717) is 41.8 Å². The maximum absolute atomic E-state index is 13.5. The summed E-state index contributed by atoms with van der Waals surface area (Å²) in [6.07, 6.45) is 2.21. The van der Waals surface area contributed by atoms with Crippen molar-refractivity contribution in [1.82, 2.24) is 24.9 Å². The average molecular weight is 477 g/mol. The molecule has 6 rings (SSSR count). The molecule has 0 bridgehead atoms. The zero-order chi connectivity index (χ0) is 23.4. The Morgan fingerprint density at radius 3 is 2.85 bits per heavy atom. The normalized spacial score (nSPS) is 18.0. The van der Waals surface area contributed by atoms with E-state index < -0.39 is 6.04 Å². The molecule has 2 aliphatic rings. The van der Waals surface area contributed by atoms with Crippen molar-refractivity contribution in [3.05, 3.63) is 70.6 Å². The van der Waals surface area contributed by atoms with E-state index in [-0.39, 0.29) is 18.4 Å². The van der Waals surface area contributed by atoms with Crippen molar-refractivity contribution in [2.75, 3.05) is 25.1 Å². The fourth-order valence-electron chi connectivity index (χ4n) is 4.64. The van der Waals surface area contributed by atoms with Crippen LogP contribution in [0.2, 0.25) is 5.15 Å². The summed E-state index contributed by atoms with van der Waals surface area (Å²) in [5, 5.41) is 12.8.